The van der Waals surface area contributed by atoms with E-state index < -0.39 is 19.2 Å². The number of nitrogen functional groups attached to an aromatic ring is 1. The van der Waals surface area contributed by atoms with Crippen LogP contribution in [-0.4, -0.2) is 42.5 Å². The Labute approximate surface area is 110 Å². The lowest BCUT2D eigenvalue weighted by atomic mass is 10.4. The van der Waals surface area contributed by atoms with E-state index in [1.807, 2.05) is 0 Å². The van der Waals surface area contributed by atoms with Crippen LogP contribution in [0, 0.1) is 0 Å². The molecular weight excluding hydrogens is 281 g/mol. The molecule has 0 aromatic carbocycles. The number of ether oxygens (including phenoxy) is 1. The lowest BCUT2D eigenvalue weighted by molar-refractivity contribution is -0.139. The molecule has 0 aliphatic carbocycles. The zero-order valence-electron chi connectivity index (χ0n) is 9.87. The third-order valence-electron chi connectivity index (χ3n) is 1.97. The smallest absolute Gasteiger partial charge is 0.392 e. The van der Waals surface area contributed by atoms with Crippen LogP contribution in [0.3, 0.4) is 0 Å². The van der Waals surface area contributed by atoms with Crippen molar-refractivity contribution >= 4 is 5.95 Å². The highest BCUT2D eigenvalue weighted by Crippen LogP contribution is 2.19. The second kappa shape index (κ2) is 5.64. The molecule has 0 aliphatic rings. The lowest BCUT2D eigenvalue weighted by Crippen LogP contribution is -2.17. The number of alkyl halides is 3. The Morgan fingerprint density at radius 1 is 1.30 bits per heavy atom. The molecule has 0 unspecified atom stereocenters. The summed E-state index contributed by atoms with van der Waals surface area (Å²) in [6.07, 6.45) is -2.90. The predicted octanol–water partition coefficient (Wildman–Crippen LogP) is 0.0691. The first-order valence-electron chi connectivity index (χ1n) is 5.25. The van der Waals surface area contributed by atoms with E-state index >= 15 is 0 Å². The fraction of sp³-hybridized carbons (Fsp3) is 0.375. The molecule has 0 fully saturated rings. The van der Waals surface area contributed by atoms with Gasteiger partial charge < -0.3 is 4.74 Å². The van der Waals surface area contributed by atoms with Gasteiger partial charge in [0.05, 0.1) is 6.42 Å². The van der Waals surface area contributed by atoms with Crippen LogP contribution in [-0.2, 0) is 0 Å². The largest absolute Gasteiger partial charge is 0.463 e. The van der Waals surface area contributed by atoms with E-state index in [1.54, 1.807) is 0 Å². The van der Waals surface area contributed by atoms with Gasteiger partial charge in [-0.1, -0.05) is 0 Å². The van der Waals surface area contributed by atoms with E-state index in [-0.39, 0.29) is 17.9 Å². The molecule has 0 saturated carbocycles. The molecule has 0 saturated heterocycles. The van der Waals surface area contributed by atoms with Crippen molar-refractivity contribution in [1.29, 1.82) is 0 Å². The minimum absolute atomic E-state index is 0.00691. The maximum atomic E-state index is 12.0. The summed E-state index contributed by atoms with van der Waals surface area (Å²) in [4.78, 5) is 15.0. The van der Waals surface area contributed by atoms with Gasteiger partial charge in [-0.3, -0.25) is 5.43 Å². The third kappa shape index (κ3) is 3.74. The Balaban J connectivity index is 2.14. The molecule has 0 amide bonds. The van der Waals surface area contributed by atoms with Crippen molar-refractivity contribution in [3.05, 3.63) is 12.7 Å². The zero-order chi connectivity index (χ0) is 14.6. The standard InChI is InChI=1S/C8H9F3N8O/c9-8(10,11)1-2-20-7-16-5(18-12)15-6(17-7)19-4-13-3-14-19/h3-4H,1-2,12H2,(H,15,16,17,18). The van der Waals surface area contributed by atoms with E-state index in [0.29, 0.717) is 0 Å². The summed E-state index contributed by atoms with van der Waals surface area (Å²) in [6.45, 7) is -0.617. The molecule has 0 atom stereocenters. The molecule has 0 bridgehead atoms. The number of nitrogens with zero attached hydrogens (tertiary/aromatic N) is 6. The van der Waals surface area contributed by atoms with Gasteiger partial charge in [-0.05, 0) is 0 Å². The van der Waals surface area contributed by atoms with Gasteiger partial charge in [0.1, 0.15) is 19.3 Å². The summed E-state index contributed by atoms with van der Waals surface area (Å²) >= 11 is 0. The molecule has 3 N–H and O–H groups in total. The molecule has 12 heteroatoms. The molecular formula is C8H9F3N8O. The van der Waals surface area contributed by atoms with Crippen LogP contribution in [0.5, 0.6) is 6.01 Å². The maximum Gasteiger partial charge on any atom is 0.392 e. The second-order valence-corrected chi connectivity index (χ2v) is 3.44. The number of hydrazine groups is 1. The van der Waals surface area contributed by atoms with E-state index in [2.05, 4.69) is 30.5 Å². The first-order chi connectivity index (χ1) is 9.48. The van der Waals surface area contributed by atoms with Crippen molar-refractivity contribution in [2.24, 2.45) is 5.84 Å². The van der Waals surface area contributed by atoms with Gasteiger partial charge in [-0.2, -0.15) is 37.9 Å². The predicted molar refractivity (Wildman–Crippen MR) is 58.7 cm³/mol. The summed E-state index contributed by atoms with van der Waals surface area (Å²) in [5.41, 5.74) is 2.15. The van der Waals surface area contributed by atoms with Gasteiger partial charge in [0.2, 0.25) is 5.95 Å². The summed E-state index contributed by atoms with van der Waals surface area (Å²) in [5.74, 6) is 5.09. The Morgan fingerprint density at radius 2 is 2.10 bits per heavy atom. The molecule has 2 aromatic rings. The Kier molecular flexibility index (Phi) is 3.93. The van der Waals surface area contributed by atoms with E-state index in [9.17, 15) is 13.2 Å². The number of nitrogens with two attached hydrogens (primary N) is 1. The summed E-state index contributed by atoms with van der Waals surface area (Å²) in [6, 6.07) is -0.303. The molecule has 0 radical (unpaired) electrons. The van der Waals surface area contributed by atoms with Crippen LogP contribution in [0.25, 0.3) is 5.95 Å². The SMILES string of the molecule is NNc1nc(OCCC(F)(F)F)nc(-n2cncn2)n1. The van der Waals surface area contributed by atoms with Gasteiger partial charge in [-0.15, -0.1) is 0 Å². The minimum Gasteiger partial charge on any atom is -0.463 e. The fourth-order valence-corrected chi connectivity index (χ4v) is 1.15. The number of aromatic nitrogens is 6. The first-order valence-corrected chi connectivity index (χ1v) is 5.25. The van der Waals surface area contributed by atoms with E-state index in [0.717, 1.165) is 0 Å². The summed E-state index contributed by atoms with van der Waals surface area (Å²) in [5, 5.41) is 3.77. The topological polar surface area (TPSA) is 117 Å². The number of rotatable bonds is 5. The van der Waals surface area contributed by atoms with Crippen molar-refractivity contribution < 1.29 is 17.9 Å². The number of nitrogens with one attached hydrogen (secondary N) is 1. The van der Waals surface area contributed by atoms with Crippen molar-refractivity contribution in [3.63, 3.8) is 0 Å². The van der Waals surface area contributed by atoms with Crippen LogP contribution in [0.4, 0.5) is 19.1 Å². The number of hydrogen-bond acceptors (Lipinski definition) is 8. The molecule has 2 aromatic heterocycles. The van der Waals surface area contributed by atoms with Gasteiger partial charge in [-0.25, -0.2) is 10.8 Å². The van der Waals surface area contributed by atoms with Crippen molar-refractivity contribution in [2.45, 2.75) is 12.6 Å². The van der Waals surface area contributed by atoms with Crippen molar-refractivity contribution in [3.8, 4) is 12.0 Å². The Bertz CT molecular complexity index is 557. The monoisotopic (exact) mass is 290 g/mol. The summed E-state index contributed by atoms with van der Waals surface area (Å²) in [7, 11) is 0. The molecule has 2 heterocycles. The van der Waals surface area contributed by atoms with Gasteiger partial charge in [0, 0.05) is 0 Å². The van der Waals surface area contributed by atoms with Gasteiger partial charge >= 0.3 is 12.2 Å². The molecule has 0 aliphatic heterocycles. The average Bonchev–Trinajstić information content (AvgIpc) is 2.90. The minimum atomic E-state index is -4.32. The van der Waals surface area contributed by atoms with Crippen LogP contribution >= 0.6 is 0 Å². The third-order valence-corrected chi connectivity index (χ3v) is 1.97. The quantitative estimate of drug-likeness (QED) is 0.587. The Morgan fingerprint density at radius 3 is 2.70 bits per heavy atom. The zero-order valence-corrected chi connectivity index (χ0v) is 9.87. The summed E-state index contributed by atoms with van der Waals surface area (Å²) < 4.78 is 42.1. The van der Waals surface area contributed by atoms with Crippen LogP contribution in [0.15, 0.2) is 12.7 Å². The molecule has 9 nitrogen and oxygen atoms in total. The Hall–Kier alpha value is -2.50. The molecule has 20 heavy (non-hydrogen) atoms. The van der Waals surface area contributed by atoms with Crippen molar-refractivity contribution in [1.82, 2.24) is 29.7 Å². The number of hydrogen-bond donors (Lipinski definition) is 2. The first kappa shape index (κ1) is 13.9. The lowest BCUT2D eigenvalue weighted by Gasteiger charge is -2.09. The highest BCUT2D eigenvalue weighted by molar-refractivity contribution is 5.27. The highest BCUT2D eigenvalue weighted by atomic mass is 19.4. The van der Waals surface area contributed by atoms with E-state index in [1.165, 1.54) is 17.3 Å². The van der Waals surface area contributed by atoms with E-state index in [4.69, 9.17) is 10.6 Å². The average molecular weight is 290 g/mol. The fourth-order valence-electron chi connectivity index (χ4n) is 1.15. The van der Waals surface area contributed by atoms with Crippen molar-refractivity contribution in [2.75, 3.05) is 12.0 Å². The molecule has 108 valence electrons. The van der Waals surface area contributed by atoms with Gasteiger partial charge in [0.15, 0.2) is 0 Å². The van der Waals surface area contributed by atoms with Crippen LogP contribution in [0.2, 0.25) is 0 Å². The molecule has 0 spiro atoms. The van der Waals surface area contributed by atoms with Crippen LogP contribution < -0.4 is 16.0 Å². The number of anilines is 1. The normalized spacial score (nSPS) is 11.4. The second-order valence-electron chi connectivity index (χ2n) is 3.44. The highest BCUT2D eigenvalue weighted by Gasteiger charge is 2.27. The maximum absolute atomic E-state index is 12.0. The van der Waals surface area contributed by atoms with Gasteiger partial charge in [0.25, 0.3) is 5.95 Å². The molecule has 2 rings (SSSR count). The number of halogens is 3. The van der Waals surface area contributed by atoms with Crippen LogP contribution in [0.1, 0.15) is 6.42 Å².